The van der Waals surface area contributed by atoms with Gasteiger partial charge in [-0.05, 0) is 52.7 Å². The fourth-order valence-electron chi connectivity index (χ4n) is 5.80. The molecule has 0 radical (unpaired) electrons. The molecule has 2 aliphatic heterocycles. The standard InChI is InChI=1S/C27H32O9/c1-7-32-13-14-12-16(28)15-8-9-17-18(19(15)33-14)20(21(29)24(2,3)35-17)34-23(31)27-11-10-26(6,22(30)36-27)25(27,4)5/h8-9,12,20-21,29H,7,10-11,13H2,1-6H3/t20-,21-,26+,27-/m1/s1. The Morgan fingerprint density at radius 2 is 1.83 bits per heavy atom. The molecule has 194 valence electrons. The first kappa shape index (κ1) is 24.8. The average Bonchev–Trinajstić information content (AvgIpc) is 3.10. The number of fused-ring (bicyclic) bond motifs is 5. The maximum Gasteiger partial charge on any atom is 0.351 e. The number of ether oxygens (including phenoxy) is 4. The predicted octanol–water partition coefficient (Wildman–Crippen LogP) is 3.57. The number of benzene rings is 1. The van der Waals surface area contributed by atoms with Gasteiger partial charge in [0.25, 0.3) is 0 Å². The zero-order valence-electron chi connectivity index (χ0n) is 21.4. The van der Waals surface area contributed by atoms with Gasteiger partial charge in [-0.25, -0.2) is 4.79 Å². The largest absolute Gasteiger partial charge is 0.484 e. The van der Waals surface area contributed by atoms with Crippen LogP contribution in [0.25, 0.3) is 11.0 Å². The second-order valence-electron chi connectivity index (χ2n) is 11.2. The third-order valence-electron chi connectivity index (χ3n) is 8.70. The van der Waals surface area contributed by atoms with Crippen molar-refractivity contribution in [3.63, 3.8) is 0 Å². The maximum absolute atomic E-state index is 13.8. The number of hydrogen-bond acceptors (Lipinski definition) is 9. The van der Waals surface area contributed by atoms with Crippen molar-refractivity contribution in [1.82, 2.24) is 0 Å². The molecule has 2 fully saturated rings. The van der Waals surface area contributed by atoms with Crippen molar-refractivity contribution in [1.29, 1.82) is 0 Å². The lowest BCUT2D eigenvalue weighted by Gasteiger charge is -2.43. The first-order valence-corrected chi connectivity index (χ1v) is 12.3. The molecule has 1 N–H and O–H groups in total. The van der Waals surface area contributed by atoms with Gasteiger partial charge >= 0.3 is 11.9 Å². The lowest BCUT2D eigenvalue weighted by Crippen LogP contribution is -2.53. The Morgan fingerprint density at radius 3 is 2.44 bits per heavy atom. The van der Waals surface area contributed by atoms with Crippen molar-refractivity contribution in [2.75, 3.05) is 6.61 Å². The summed E-state index contributed by atoms with van der Waals surface area (Å²) in [4.78, 5) is 39.4. The fraction of sp³-hybridized carbons (Fsp3) is 0.593. The summed E-state index contributed by atoms with van der Waals surface area (Å²) in [5.41, 5.74) is -4.13. The first-order valence-electron chi connectivity index (χ1n) is 12.3. The van der Waals surface area contributed by atoms with Crippen LogP contribution in [-0.2, 0) is 30.4 Å². The minimum atomic E-state index is -1.48. The van der Waals surface area contributed by atoms with Gasteiger partial charge in [-0.2, -0.15) is 0 Å². The molecule has 36 heavy (non-hydrogen) atoms. The Bertz CT molecular complexity index is 1320. The molecule has 3 aliphatic rings. The molecule has 1 aliphatic carbocycles. The van der Waals surface area contributed by atoms with E-state index in [1.165, 1.54) is 6.07 Å². The number of aliphatic hydroxyl groups excluding tert-OH is 1. The summed E-state index contributed by atoms with van der Waals surface area (Å²) in [7, 11) is 0. The molecule has 0 unspecified atom stereocenters. The summed E-state index contributed by atoms with van der Waals surface area (Å²) in [6, 6.07) is 4.55. The highest BCUT2D eigenvalue weighted by molar-refractivity contribution is 5.94. The van der Waals surface area contributed by atoms with Gasteiger partial charge < -0.3 is 28.5 Å². The van der Waals surface area contributed by atoms with Crippen molar-refractivity contribution in [3.8, 4) is 5.75 Å². The highest BCUT2D eigenvalue weighted by atomic mass is 16.6. The molecule has 0 spiro atoms. The van der Waals surface area contributed by atoms with Gasteiger partial charge in [0.2, 0.25) is 5.60 Å². The molecule has 1 aromatic heterocycles. The van der Waals surface area contributed by atoms with Crippen LogP contribution in [0.1, 0.15) is 71.8 Å². The van der Waals surface area contributed by atoms with Gasteiger partial charge in [-0.3, -0.25) is 9.59 Å². The predicted molar refractivity (Wildman–Crippen MR) is 127 cm³/mol. The van der Waals surface area contributed by atoms with Crippen LogP contribution in [-0.4, -0.2) is 41.0 Å². The van der Waals surface area contributed by atoms with E-state index in [2.05, 4.69) is 0 Å². The van der Waals surface area contributed by atoms with Crippen molar-refractivity contribution in [2.24, 2.45) is 10.8 Å². The molecule has 2 bridgehead atoms. The van der Waals surface area contributed by atoms with Crippen LogP contribution in [0.2, 0.25) is 0 Å². The second kappa shape index (κ2) is 7.79. The summed E-state index contributed by atoms with van der Waals surface area (Å²) in [5, 5.41) is 11.6. The van der Waals surface area contributed by atoms with E-state index in [0.717, 1.165) is 0 Å². The van der Waals surface area contributed by atoms with Gasteiger partial charge in [0.05, 0.1) is 16.4 Å². The van der Waals surface area contributed by atoms with Crippen molar-refractivity contribution in [3.05, 3.63) is 39.7 Å². The molecule has 4 atom stereocenters. The molecule has 5 rings (SSSR count). The summed E-state index contributed by atoms with van der Waals surface area (Å²) in [6.45, 7) is 11.2. The van der Waals surface area contributed by atoms with Crippen LogP contribution < -0.4 is 10.2 Å². The van der Waals surface area contributed by atoms with Crippen molar-refractivity contribution >= 4 is 22.9 Å². The molecular formula is C27H32O9. The number of rotatable bonds is 5. The highest BCUT2D eigenvalue weighted by Gasteiger charge is 2.76. The number of carbonyl (C=O) groups excluding carboxylic acids is 2. The monoisotopic (exact) mass is 500 g/mol. The number of esters is 2. The molecule has 9 nitrogen and oxygen atoms in total. The Labute approximate surface area is 208 Å². The van der Waals surface area contributed by atoms with Gasteiger partial charge in [-0.15, -0.1) is 0 Å². The highest BCUT2D eigenvalue weighted by Crippen LogP contribution is 2.66. The normalized spacial score (nSPS) is 31.6. The smallest absolute Gasteiger partial charge is 0.351 e. The van der Waals surface area contributed by atoms with E-state index in [1.807, 2.05) is 20.8 Å². The number of hydrogen-bond donors (Lipinski definition) is 1. The molecule has 2 aromatic rings. The SMILES string of the molecule is CCOCc1cc(=O)c2ccc3c(c2o1)[C@@H](OC(=O)[C@@]12CC[C@@](C)(C(=O)O1)C2(C)C)[C@@H](O)C(C)(C)O3. The molecular weight excluding hydrogens is 468 g/mol. The molecule has 1 saturated carbocycles. The molecule has 0 amide bonds. The zero-order valence-corrected chi connectivity index (χ0v) is 21.4. The zero-order chi connectivity index (χ0) is 26.3. The van der Waals surface area contributed by atoms with Crippen LogP contribution in [0.3, 0.4) is 0 Å². The maximum atomic E-state index is 13.8. The molecule has 1 aromatic carbocycles. The van der Waals surface area contributed by atoms with Crippen LogP contribution in [0.4, 0.5) is 0 Å². The van der Waals surface area contributed by atoms with E-state index >= 15 is 0 Å². The Morgan fingerprint density at radius 1 is 1.11 bits per heavy atom. The lowest BCUT2D eigenvalue weighted by atomic mass is 9.66. The molecule has 9 heteroatoms. The van der Waals surface area contributed by atoms with Crippen molar-refractivity contribution in [2.45, 2.75) is 84.4 Å². The Hall–Kier alpha value is -2.91. The summed E-state index contributed by atoms with van der Waals surface area (Å²) < 4.78 is 29.2. The Balaban J connectivity index is 1.63. The fourth-order valence-corrected chi connectivity index (χ4v) is 5.80. The lowest BCUT2D eigenvalue weighted by molar-refractivity contribution is -0.199. The van der Waals surface area contributed by atoms with Crippen LogP contribution in [0.5, 0.6) is 5.75 Å². The van der Waals surface area contributed by atoms with Gasteiger partial charge in [0, 0.05) is 18.1 Å². The summed E-state index contributed by atoms with van der Waals surface area (Å²) in [5.74, 6) is -0.549. The van der Waals surface area contributed by atoms with E-state index < -0.39 is 46.2 Å². The van der Waals surface area contributed by atoms with Crippen LogP contribution in [0.15, 0.2) is 27.4 Å². The van der Waals surface area contributed by atoms with Crippen molar-refractivity contribution < 1.29 is 38.1 Å². The van der Waals surface area contributed by atoms with E-state index in [0.29, 0.717) is 31.0 Å². The minimum absolute atomic E-state index is 0.0799. The molecule has 1 saturated heterocycles. The number of aliphatic hydroxyl groups is 1. The van der Waals surface area contributed by atoms with Gasteiger partial charge in [0.15, 0.2) is 11.5 Å². The van der Waals surface area contributed by atoms with E-state index in [1.54, 1.807) is 32.9 Å². The van der Waals surface area contributed by atoms with Gasteiger partial charge in [0.1, 0.15) is 35.4 Å². The van der Waals surface area contributed by atoms with Crippen LogP contribution >= 0.6 is 0 Å². The topological polar surface area (TPSA) is 122 Å². The third-order valence-corrected chi connectivity index (χ3v) is 8.70. The Kier molecular flexibility index (Phi) is 5.36. The quantitative estimate of drug-likeness (QED) is 0.614. The second-order valence-corrected chi connectivity index (χ2v) is 11.2. The minimum Gasteiger partial charge on any atom is -0.484 e. The third kappa shape index (κ3) is 3.11. The van der Waals surface area contributed by atoms with E-state index in [4.69, 9.17) is 23.4 Å². The number of carbonyl (C=O) groups is 2. The summed E-state index contributed by atoms with van der Waals surface area (Å²) in [6.07, 6.45) is -1.73. The van der Waals surface area contributed by atoms with Crippen LogP contribution in [0, 0.1) is 10.8 Å². The van der Waals surface area contributed by atoms with E-state index in [9.17, 15) is 19.5 Å². The van der Waals surface area contributed by atoms with Gasteiger partial charge in [-0.1, -0.05) is 13.8 Å². The molecule has 3 heterocycles. The summed E-state index contributed by atoms with van der Waals surface area (Å²) >= 11 is 0. The van der Waals surface area contributed by atoms with E-state index in [-0.39, 0.29) is 28.6 Å². The average molecular weight is 501 g/mol. The first-order chi connectivity index (χ1) is 16.8.